The second kappa shape index (κ2) is 21.7. The quantitative estimate of drug-likeness (QED) is 0.129. The van der Waals surface area contributed by atoms with Crippen molar-refractivity contribution in [3.63, 3.8) is 0 Å². The largest absolute Gasteiger partial charge is 0.343 e. The van der Waals surface area contributed by atoms with Gasteiger partial charge in [-0.1, -0.05) is 74.5 Å². The summed E-state index contributed by atoms with van der Waals surface area (Å²) in [6, 6.07) is 15.5. The molecule has 4 amide bonds. The van der Waals surface area contributed by atoms with E-state index in [-0.39, 0.29) is 36.1 Å². The Balaban J connectivity index is 1.45. The Morgan fingerprint density at radius 1 is 0.741 bits per heavy atom. The number of ketones is 1. The molecule has 54 heavy (non-hydrogen) atoms. The molecule has 296 valence electrons. The van der Waals surface area contributed by atoms with Crippen molar-refractivity contribution in [2.24, 2.45) is 11.7 Å². The number of hydrogen-bond donors (Lipinski definition) is 5. The molecule has 2 aliphatic rings. The molecule has 2 heterocycles. The van der Waals surface area contributed by atoms with Gasteiger partial charge in [0.1, 0.15) is 23.9 Å². The molecule has 6 N–H and O–H groups in total. The summed E-state index contributed by atoms with van der Waals surface area (Å²) in [4.78, 5) is 72.0. The van der Waals surface area contributed by atoms with Crippen molar-refractivity contribution < 1.29 is 24.0 Å². The van der Waals surface area contributed by atoms with E-state index in [0.29, 0.717) is 32.4 Å². The molecule has 2 fully saturated rings. The highest BCUT2D eigenvalue weighted by Gasteiger charge is 2.38. The van der Waals surface area contributed by atoms with Crippen LogP contribution in [0.4, 0.5) is 0 Å². The average Bonchev–Trinajstić information content (AvgIpc) is 3.67. The zero-order valence-electron chi connectivity index (χ0n) is 32.7. The molecular weight excluding hydrogens is 683 g/mol. The number of carbonyl (C=O) groups excluding carboxylic acids is 5. The number of benzene rings is 2. The highest BCUT2D eigenvalue weighted by atomic mass is 16.2. The van der Waals surface area contributed by atoms with E-state index in [1.807, 2.05) is 86.5 Å². The van der Waals surface area contributed by atoms with Crippen LogP contribution in [-0.2, 0) is 36.8 Å². The monoisotopic (exact) mass is 745 g/mol. The van der Waals surface area contributed by atoms with Gasteiger partial charge in [0.2, 0.25) is 23.6 Å². The molecule has 0 radical (unpaired) electrons. The minimum Gasteiger partial charge on any atom is -0.343 e. The number of Topliss-reactive ketones (excluding diaryl/α,β-unsaturated/α-hetero) is 1. The maximum absolute atomic E-state index is 14.1. The van der Waals surface area contributed by atoms with Crippen molar-refractivity contribution in [1.29, 1.82) is 0 Å². The van der Waals surface area contributed by atoms with Gasteiger partial charge >= 0.3 is 0 Å². The fourth-order valence-electron chi connectivity index (χ4n) is 7.75. The third-order valence-electron chi connectivity index (χ3n) is 10.7. The lowest BCUT2D eigenvalue weighted by atomic mass is 9.98. The third-order valence-corrected chi connectivity index (χ3v) is 10.7. The Morgan fingerprint density at radius 3 is 1.91 bits per heavy atom. The molecule has 0 spiro atoms. The molecule has 12 nitrogen and oxygen atoms in total. The Bertz CT molecular complexity index is 1500. The number of likely N-dealkylation sites (tertiary alicyclic amines) is 2. The van der Waals surface area contributed by atoms with Crippen LogP contribution in [0, 0.1) is 5.92 Å². The number of hydrogen-bond acceptors (Lipinski definition) is 8. The predicted octanol–water partition coefficient (Wildman–Crippen LogP) is 2.73. The Morgan fingerprint density at radius 2 is 1.31 bits per heavy atom. The minimum atomic E-state index is -0.984. The van der Waals surface area contributed by atoms with Crippen LogP contribution in [0.15, 0.2) is 60.7 Å². The molecule has 0 aliphatic carbocycles. The van der Waals surface area contributed by atoms with Gasteiger partial charge in [-0.25, -0.2) is 0 Å². The molecule has 0 saturated carbocycles. The average molecular weight is 746 g/mol. The van der Waals surface area contributed by atoms with Gasteiger partial charge in [0.25, 0.3) is 0 Å². The van der Waals surface area contributed by atoms with Gasteiger partial charge in [-0.05, 0) is 102 Å². The summed E-state index contributed by atoms with van der Waals surface area (Å²) in [5.41, 5.74) is 8.06. The summed E-state index contributed by atoms with van der Waals surface area (Å²) in [5, 5.41) is 12.0. The zero-order chi connectivity index (χ0) is 39.0. The van der Waals surface area contributed by atoms with Gasteiger partial charge in [-0.3, -0.25) is 28.9 Å². The summed E-state index contributed by atoms with van der Waals surface area (Å²) in [7, 11) is 1.88. The molecule has 2 aromatic carbocycles. The fourth-order valence-corrected chi connectivity index (χ4v) is 7.75. The van der Waals surface area contributed by atoms with E-state index in [1.54, 1.807) is 6.92 Å². The van der Waals surface area contributed by atoms with Gasteiger partial charge in [0, 0.05) is 25.6 Å². The lowest BCUT2D eigenvalue weighted by Crippen LogP contribution is -2.59. The SMILES string of the molecule is CNCCCC[C@@H](NC(=O)[C@@H](CC(C)C)NC(=O)[C@@H](Cc1ccccc1)NC(=O)[C@H](N)Cc1ccccc1)C(=O)N1CCC(N2CCC[C@H]2C(C)=O)CC1. The Labute approximate surface area is 321 Å². The summed E-state index contributed by atoms with van der Waals surface area (Å²) in [6.07, 6.45) is 6.38. The van der Waals surface area contributed by atoms with E-state index in [1.165, 1.54) is 0 Å². The van der Waals surface area contributed by atoms with Crippen LogP contribution in [0.2, 0.25) is 0 Å². The van der Waals surface area contributed by atoms with Gasteiger partial charge < -0.3 is 31.9 Å². The first-order valence-corrected chi connectivity index (χ1v) is 19.9. The van der Waals surface area contributed by atoms with E-state index in [4.69, 9.17) is 5.73 Å². The smallest absolute Gasteiger partial charge is 0.245 e. The van der Waals surface area contributed by atoms with Crippen molar-refractivity contribution in [3.05, 3.63) is 71.8 Å². The van der Waals surface area contributed by atoms with Crippen molar-refractivity contribution in [1.82, 2.24) is 31.1 Å². The molecule has 2 aliphatic heterocycles. The first-order chi connectivity index (χ1) is 26.0. The van der Waals surface area contributed by atoms with Crippen molar-refractivity contribution in [2.75, 3.05) is 33.2 Å². The van der Waals surface area contributed by atoms with Crippen LogP contribution < -0.4 is 27.0 Å². The minimum absolute atomic E-state index is 0.0313. The second-order valence-electron chi connectivity index (χ2n) is 15.5. The normalized spacial score (nSPS) is 18.8. The third kappa shape index (κ3) is 13.0. The molecular formula is C42H63N7O5. The molecule has 12 heteroatoms. The van der Waals surface area contributed by atoms with Crippen LogP contribution in [-0.4, -0.2) is 109 Å². The summed E-state index contributed by atoms with van der Waals surface area (Å²) in [6.45, 7) is 8.44. The number of nitrogens with one attached hydrogen (secondary N) is 4. The van der Waals surface area contributed by atoms with Crippen molar-refractivity contribution in [3.8, 4) is 0 Å². The van der Waals surface area contributed by atoms with E-state index < -0.39 is 41.9 Å². The number of unbranched alkanes of at least 4 members (excludes halogenated alkanes) is 1. The first-order valence-electron chi connectivity index (χ1n) is 19.9. The number of carbonyl (C=O) groups is 5. The Kier molecular flexibility index (Phi) is 17.1. The van der Waals surface area contributed by atoms with Crippen LogP contribution in [0.1, 0.15) is 83.3 Å². The predicted molar refractivity (Wildman–Crippen MR) is 211 cm³/mol. The number of nitrogens with two attached hydrogens (primary N) is 1. The summed E-state index contributed by atoms with van der Waals surface area (Å²) < 4.78 is 0. The zero-order valence-corrected chi connectivity index (χ0v) is 32.7. The molecule has 0 unspecified atom stereocenters. The van der Waals surface area contributed by atoms with E-state index in [0.717, 1.165) is 62.7 Å². The van der Waals surface area contributed by atoms with Crippen molar-refractivity contribution >= 4 is 29.4 Å². The first kappa shape index (κ1) is 42.6. The van der Waals surface area contributed by atoms with Crippen LogP contribution >= 0.6 is 0 Å². The standard InChI is InChI=1S/C42H63N7O5/c1-29(2)26-36(47-41(53)37(28-32-16-9-6-10-17-32)46-39(51)34(43)27-31-14-7-5-8-15-31)40(52)45-35(18-11-12-22-44-4)42(54)48-24-20-33(21-25-48)49-23-13-19-38(49)30(3)50/h5-10,14-17,29,33-38,44H,11-13,18-28,43H2,1-4H3,(H,45,52)(H,46,51)(H,47,53)/t34-,35-,36-,37-,38+/m1/s1. The number of piperidine rings is 1. The second-order valence-corrected chi connectivity index (χ2v) is 15.5. The molecule has 2 aromatic rings. The van der Waals surface area contributed by atoms with Gasteiger partial charge in [0.15, 0.2) is 0 Å². The molecule has 2 saturated heterocycles. The molecule has 4 rings (SSSR count). The van der Waals surface area contributed by atoms with Crippen LogP contribution in [0.25, 0.3) is 0 Å². The number of nitrogens with zero attached hydrogens (tertiary/aromatic N) is 2. The van der Waals surface area contributed by atoms with Crippen molar-refractivity contribution in [2.45, 2.75) is 121 Å². The van der Waals surface area contributed by atoms with E-state index in [9.17, 15) is 24.0 Å². The van der Waals surface area contributed by atoms with Crippen LogP contribution in [0.5, 0.6) is 0 Å². The van der Waals surface area contributed by atoms with Crippen LogP contribution in [0.3, 0.4) is 0 Å². The number of rotatable bonds is 20. The lowest BCUT2D eigenvalue weighted by molar-refractivity contribution is -0.139. The highest BCUT2D eigenvalue weighted by Crippen LogP contribution is 2.27. The molecule has 0 aromatic heterocycles. The maximum atomic E-state index is 14.1. The lowest BCUT2D eigenvalue weighted by Gasteiger charge is -2.40. The number of amides is 4. The van der Waals surface area contributed by atoms with E-state index in [2.05, 4.69) is 26.2 Å². The van der Waals surface area contributed by atoms with E-state index >= 15 is 0 Å². The molecule has 5 atom stereocenters. The maximum Gasteiger partial charge on any atom is 0.245 e. The fraction of sp³-hybridized carbons (Fsp3) is 0.595. The van der Waals surface area contributed by atoms with Gasteiger partial charge in [0.05, 0.1) is 12.1 Å². The summed E-state index contributed by atoms with van der Waals surface area (Å²) >= 11 is 0. The van der Waals surface area contributed by atoms with Gasteiger partial charge in [-0.2, -0.15) is 0 Å². The Hall–Kier alpha value is -4.13. The summed E-state index contributed by atoms with van der Waals surface area (Å²) in [5.74, 6) is -1.24. The topological polar surface area (TPSA) is 166 Å². The van der Waals surface area contributed by atoms with Gasteiger partial charge in [-0.15, -0.1) is 0 Å². The highest BCUT2D eigenvalue weighted by molar-refractivity contribution is 5.95. The molecule has 0 bridgehead atoms.